The van der Waals surface area contributed by atoms with E-state index in [1.54, 1.807) is 12.1 Å². The molecule has 0 aliphatic rings. The first-order valence-electron chi connectivity index (χ1n) is 6.56. The fourth-order valence-corrected chi connectivity index (χ4v) is 1.48. The maximum atomic E-state index is 12.9. The zero-order chi connectivity index (χ0) is 14.6. The van der Waals surface area contributed by atoms with Crippen molar-refractivity contribution in [3.8, 4) is 5.75 Å². The van der Waals surface area contributed by atoms with Crippen LogP contribution in [-0.4, -0.2) is 44.0 Å². The molecule has 1 amide bonds. The third-order valence-electron chi connectivity index (χ3n) is 2.42. The molecular formula is C14H20FNO4. The van der Waals surface area contributed by atoms with Crippen LogP contribution in [-0.2, 0) is 9.53 Å². The summed E-state index contributed by atoms with van der Waals surface area (Å²) in [5.74, 6) is -0.0754. The molecule has 112 valence electrons. The first-order valence-corrected chi connectivity index (χ1v) is 6.56. The molecular weight excluding hydrogens is 265 g/mol. The molecule has 1 aromatic carbocycles. The largest absolute Gasteiger partial charge is 0.493 e. The lowest BCUT2D eigenvalue weighted by Gasteiger charge is -2.07. The van der Waals surface area contributed by atoms with Crippen LogP contribution in [0.25, 0.3) is 0 Å². The van der Waals surface area contributed by atoms with Gasteiger partial charge in [-0.3, -0.25) is 4.79 Å². The number of aliphatic hydroxyl groups excluding tert-OH is 1. The van der Waals surface area contributed by atoms with Gasteiger partial charge in [0.25, 0.3) is 0 Å². The van der Waals surface area contributed by atoms with Crippen LogP contribution in [0.3, 0.4) is 0 Å². The van der Waals surface area contributed by atoms with Gasteiger partial charge in [0, 0.05) is 19.2 Å². The molecule has 0 saturated heterocycles. The first kappa shape index (κ1) is 16.4. The molecule has 0 atom stereocenters. The van der Waals surface area contributed by atoms with Crippen LogP contribution in [0, 0.1) is 5.82 Å². The maximum Gasteiger partial charge on any atom is 0.223 e. The van der Waals surface area contributed by atoms with E-state index < -0.39 is 0 Å². The topological polar surface area (TPSA) is 67.8 Å². The number of aliphatic hydroxyl groups is 1. The van der Waals surface area contributed by atoms with Gasteiger partial charge < -0.3 is 19.9 Å². The number of rotatable bonds is 10. The second-order valence-electron chi connectivity index (χ2n) is 4.10. The molecule has 0 saturated carbocycles. The zero-order valence-electron chi connectivity index (χ0n) is 11.3. The number of benzene rings is 1. The molecule has 0 spiro atoms. The van der Waals surface area contributed by atoms with Crippen LogP contribution in [0.1, 0.15) is 12.8 Å². The quantitative estimate of drug-likeness (QED) is 0.632. The van der Waals surface area contributed by atoms with Crippen molar-refractivity contribution < 1.29 is 23.8 Å². The maximum absolute atomic E-state index is 12.9. The lowest BCUT2D eigenvalue weighted by atomic mass is 10.3. The summed E-state index contributed by atoms with van der Waals surface area (Å²) in [5.41, 5.74) is 0. The fraction of sp³-hybridized carbons (Fsp3) is 0.500. The molecule has 6 heteroatoms. The number of carbonyl (C=O) groups is 1. The average molecular weight is 285 g/mol. The third-order valence-corrected chi connectivity index (χ3v) is 2.42. The highest BCUT2D eigenvalue weighted by Crippen LogP contribution is 2.11. The summed E-state index contributed by atoms with van der Waals surface area (Å²) in [6.45, 7) is 1.54. The highest BCUT2D eigenvalue weighted by atomic mass is 19.1. The van der Waals surface area contributed by atoms with Crippen LogP contribution in [0.15, 0.2) is 24.3 Å². The summed E-state index contributed by atoms with van der Waals surface area (Å²) in [4.78, 5) is 11.4. The second kappa shape index (κ2) is 10.2. The van der Waals surface area contributed by atoms with E-state index in [-0.39, 0.29) is 31.4 Å². The molecule has 5 nitrogen and oxygen atoms in total. The molecule has 0 aliphatic carbocycles. The van der Waals surface area contributed by atoms with Crippen molar-refractivity contribution in [2.45, 2.75) is 12.8 Å². The fourth-order valence-electron chi connectivity index (χ4n) is 1.48. The number of halogens is 1. The van der Waals surface area contributed by atoms with E-state index in [0.29, 0.717) is 31.9 Å². The molecule has 0 fully saturated rings. The Morgan fingerprint density at radius 2 is 2.15 bits per heavy atom. The Kier molecular flexibility index (Phi) is 8.33. The van der Waals surface area contributed by atoms with Crippen molar-refractivity contribution >= 4 is 5.91 Å². The number of hydrogen-bond acceptors (Lipinski definition) is 4. The van der Waals surface area contributed by atoms with E-state index in [9.17, 15) is 9.18 Å². The van der Waals surface area contributed by atoms with Gasteiger partial charge in [0.15, 0.2) is 0 Å². The van der Waals surface area contributed by atoms with Crippen molar-refractivity contribution in [3.05, 3.63) is 30.1 Å². The Hall–Kier alpha value is -1.66. The summed E-state index contributed by atoms with van der Waals surface area (Å²) in [6.07, 6.45) is 0.907. The minimum atomic E-state index is -0.366. The first-order chi connectivity index (χ1) is 9.72. The van der Waals surface area contributed by atoms with Crippen molar-refractivity contribution in [2.24, 2.45) is 0 Å². The summed E-state index contributed by atoms with van der Waals surface area (Å²) in [7, 11) is 0. The Labute approximate surface area is 117 Å². The van der Waals surface area contributed by atoms with E-state index in [1.165, 1.54) is 12.1 Å². The van der Waals surface area contributed by atoms with Crippen molar-refractivity contribution in [1.82, 2.24) is 5.32 Å². The minimum Gasteiger partial charge on any atom is -0.493 e. The van der Waals surface area contributed by atoms with Crippen molar-refractivity contribution in [2.75, 3.05) is 33.0 Å². The predicted molar refractivity (Wildman–Crippen MR) is 72.0 cm³/mol. The standard InChI is InChI=1S/C14H20FNO4/c15-12-3-1-4-13(11-12)20-9-5-14(18)16-6-2-8-19-10-7-17/h1,3-4,11,17H,2,5-10H2,(H,16,18). The predicted octanol–water partition coefficient (Wildman–Crippen LogP) is 1.11. The van der Waals surface area contributed by atoms with Gasteiger partial charge in [0.1, 0.15) is 11.6 Å². The van der Waals surface area contributed by atoms with E-state index in [0.717, 1.165) is 0 Å². The number of nitrogens with one attached hydrogen (secondary N) is 1. The SMILES string of the molecule is O=C(CCOc1cccc(F)c1)NCCCOCCO. The highest BCUT2D eigenvalue weighted by molar-refractivity contribution is 5.75. The summed E-state index contributed by atoms with van der Waals surface area (Å²) >= 11 is 0. The second-order valence-corrected chi connectivity index (χ2v) is 4.10. The van der Waals surface area contributed by atoms with E-state index in [1.807, 2.05) is 0 Å². The molecule has 0 aromatic heterocycles. The van der Waals surface area contributed by atoms with Crippen molar-refractivity contribution in [1.29, 1.82) is 0 Å². The molecule has 0 radical (unpaired) electrons. The van der Waals surface area contributed by atoms with Crippen LogP contribution >= 0.6 is 0 Å². The van der Waals surface area contributed by atoms with Gasteiger partial charge in [-0.15, -0.1) is 0 Å². The van der Waals surface area contributed by atoms with Crippen LogP contribution < -0.4 is 10.1 Å². The monoisotopic (exact) mass is 285 g/mol. The Balaban J connectivity index is 2.03. The van der Waals surface area contributed by atoms with Gasteiger partial charge in [-0.1, -0.05) is 6.07 Å². The van der Waals surface area contributed by atoms with Crippen LogP contribution in [0.4, 0.5) is 4.39 Å². The summed E-state index contributed by atoms with van der Waals surface area (Å²) < 4.78 is 23.2. The number of amides is 1. The number of carbonyl (C=O) groups excluding carboxylic acids is 1. The van der Waals surface area contributed by atoms with Gasteiger partial charge in [-0.2, -0.15) is 0 Å². The van der Waals surface area contributed by atoms with Crippen LogP contribution in [0.5, 0.6) is 5.75 Å². The minimum absolute atomic E-state index is 0.00375. The molecule has 0 bridgehead atoms. The van der Waals surface area contributed by atoms with Gasteiger partial charge in [0.05, 0.1) is 26.2 Å². The van der Waals surface area contributed by atoms with Crippen LogP contribution in [0.2, 0.25) is 0 Å². The summed E-state index contributed by atoms with van der Waals surface area (Å²) in [6, 6.07) is 5.80. The molecule has 0 aliphatic heterocycles. The molecule has 0 heterocycles. The Bertz CT molecular complexity index is 401. The zero-order valence-corrected chi connectivity index (χ0v) is 11.3. The lowest BCUT2D eigenvalue weighted by molar-refractivity contribution is -0.121. The van der Waals surface area contributed by atoms with Gasteiger partial charge in [-0.25, -0.2) is 4.39 Å². The van der Waals surface area contributed by atoms with Gasteiger partial charge in [0.2, 0.25) is 5.91 Å². The smallest absolute Gasteiger partial charge is 0.223 e. The van der Waals surface area contributed by atoms with Gasteiger partial charge >= 0.3 is 0 Å². The Morgan fingerprint density at radius 1 is 1.30 bits per heavy atom. The molecule has 20 heavy (non-hydrogen) atoms. The third kappa shape index (κ3) is 7.70. The molecule has 0 unspecified atom stereocenters. The number of hydrogen-bond donors (Lipinski definition) is 2. The van der Waals surface area contributed by atoms with E-state index in [2.05, 4.69) is 5.32 Å². The van der Waals surface area contributed by atoms with E-state index in [4.69, 9.17) is 14.6 Å². The normalized spacial score (nSPS) is 10.3. The number of ether oxygens (including phenoxy) is 2. The van der Waals surface area contributed by atoms with Crippen molar-refractivity contribution in [3.63, 3.8) is 0 Å². The molecule has 1 aromatic rings. The average Bonchev–Trinajstić information content (AvgIpc) is 2.43. The molecule has 1 rings (SSSR count). The summed E-state index contributed by atoms with van der Waals surface area (Å²) in [5, 5.41) is 11.2. The molecule has 2 N–H and O–H groups in total. The van der Waals surface area contributed by atoms with E-state index >= 15 is 0 Å². The Morgan fingerprint density at radius 3 is 2.90 bits per heavy atom. The van der Waals surface area contributed by atoms with Gasteiger partial charge in [-0.05, 0) is 18.6 Å². The lowest BCUT2D eigenvalue weighted by Crippen LogP contribution is -2.26. The highest BCUT2D eigenvalue weighted by Gasteiger charge is 2.02.